The van der Waals surface area contributed by atoms with Crippen LogP contribution in [0.3, 0.4) is 0 Å². The highest BCUT2D eigenvalue weighted by Gasteiger charge is 2.26. The number of hydrogen-bond acceptors (Lipinski definition) is 5. The van der Waals surface area contributed by atoms with E-state index in [1.54, 1.807) is 11.0 Å². The summed E-state index contributed by atoms with van der Waals surface area (Å²) in [5.41, 5.74) is 0.356. The van der Waals surface area contributed by atoms with Crippen LogP contribution in [-0.2, 0) is 4.79 Å². The molecule has 0 aliphatic heterocycles. The predicted octanol–water partition coefficient (Wildman–Crippen LogP) is 2.26. The van der Waals surface area contributed by atoms with E-state index in [0.29, 0.717) is 18.4 Å². The highest BCUT2D eigenvalue weighted by Crippen LogP contribution is 2.22. The van der Waals surface area contributed by atoms with E-state index in [9.17, 15) is 4.79 Å². The second kappa shape index (κ2) is 6.54. The van der Waals surface area contributed by atoms with Crippen LogP contribution in [0.5, 0.6) is 5.88 Å². The van der Waals surface area contributed by atoms with Crippen molar-refractivity contribution >= 4 is 11.9 Å². The molecule has 0 aliphatic carbocycles. The molecule has 0 aromatic carbocycles. The molecule has 6 nitrogen and oxygen atoms in total. The first kappa shape index (κ1) is 16.2. The van der Waals surface area contributed by atoms with Gasteiger partial charge in [0.15, 0.2) is 0 Å². The normalized spacial score (nSPS) is 11.2. The number of rotatable bonds is 6. The van der Waals surface area contributed by atoms with Crippen molar-refractivity contribution in [3.05, 3.63) is 11.8 Å². The fourth-order valence-electron chi connectivity index (χ4n) is 1.67. The molecule has 0 saturated carbocycles. The maximum absolute atomic E-state index is 11.0. The first-order valence-electron chi connectivity index (χ1n) is 6.72. The van der Waals surface area contributed by atoms with Crippen molar-refractivity contribution in [3.8, 4) is 5.88 Å². The Labute approximate surface area is 119 Å². The monoisotopic (exact) mass is 281 g/mol. The van der Waals surface area contributed by atoms with Crippen LogP contribution in [0.25, 0.3) is 0 Å². The second-order valence-electron chi connectivity index (χ2n) is 5.65. The lowest BCUT2D eigenvalue weighted by atomic mass is 10.1. The van der Waals surface area contributed by atoms with Crippen molar-refractivity contribution in [2.45, 2.75) is 46.6 Å². The standard InChI is InChI=1S/C14H23N3O3/c1-6-7-20-11-8-10(2)15-13(16-11)17(9-12(18)19)14(3,4)5/h8H,6-7,9H2,1-5H3,(H,18,19). The maximum atomic E-state index is 11.0. The van der Waals surface area contributed by atoms with Gasteiger partial charge in [-0.1, -0.05) is 6.92 Å². The Morgan fingerprint density at radius 1 is 1.40 bits per heavy atom. The second-order valence-corrected chi connectivity index (χ2v) is 5.65. The van der Waals surface area contributed by atoms with Crippen molar-refractivity contribution in [1.82, 2.24) is 9.97 Å². The first-order chi connectivity index (χ1) is 9.24. The van der Waals surface area contributed by atoms with Gasteiger partial charge in [-0.2, -0.15) is 4.98 Å². The van der Waals surface area contributed by atoms with Crippen LogP contribution < -0.4 is 9.64 Å². The van der Waals surface area contributed by atoms with Crippen LogP contribution in [0.4, 0.5) is 5.95 Å². The van der Waals surface area contributed by atoms with Crippen LogP contribution in [-0.4, -0.2) is 39.7 Å². The minimum absolute atomic E-state index is 0.153. The zero-order valence-electron chi connectivity index (χ0n) is 12.8. The van der Waals surface area contributed by atoms with Gasteiger partial charge in [0.25, 0.3) is 0 Å². The number of ether oxygens (including phenoxy) is 1. The molecule has 1 aromatic rings. The number of carboxylic acid groups (broad SMARTS) is 1. The van der Waals surface area contributed by atoms with Gasteiger partial charge in [-0.05, 0) is 34.1 Å². The molecule has 20 heavy (non-hydrogen) atoms. The molecular formula is C14H23N3O3. The number of aryl methyl sites for hydroxylation is 1. The zero-order valence-corrected chi connectivity index (χ0v) is 12.8. The SMILES string of the molecule is CCCOc1cc(C)nc(N(CC(=O)O)C(C)(C)C)n1. The van der Waals surface area contributed by atoms with Crippen LogP contribution in [0.1, 0.15) is 39.8 Å². The molecule has 1 rings (SSSR count). The third-order valence-electron chi connectivity index (χ3n) is 2.62. The summed E-state index contributed by atoms with van der Waals surface area (Å²) < 4.78 is 5.52. The Bertz CT molecular complexity index is 469. The molecule has 0 amide bonds. The predicted molar refractivity (Wildman–Crippen MR) is 77.3 cm³/mol. The summed E-state index contributed by atoms with van der Waals surface area (Å²) in [5.74, 6) is -0.0546. The van der Waals surface area contributed by atoms with Gasteiger partial charge in [0.2, 0.25) is 11.8 Å². The number of hydrogen-bond donors (Lipinski definition) is 1. The van der Waals surface area contributed by atoms with Crippen molar-refractivity contribution in [2.75, 3.05) is 18.1 Å². The van der Waals surface area contributed by atoms with Gasteiger partial charge >= 0.3 is 5.97 Å². The number of aliphatic carboxylic acids is 1. The van der Waals surface area contributed by atoms with Crippen LogP contribution >= 0.6 is 0 Å². The molecular weight excluding hydrogens is 258 g/mol. The molecule has 0 atom stereocenters. The number of nitrogens with zero attached hydrogens (tertiary/aromatic N) is 3. The molecule has 1 aromatic heterocycles. The molecule has 0 fully saturated rings. The molecule has 0 spiro atoms. The van der Waals surface area contributed by atoms with Crippen LogP contribution in [0.2, 0.25) is 0 Å². The van der Waals surface area contributed by atoms with Gasteiger partial charge < -0.3 is 14.7 Å². The smallest absolute Gasteiger partial charge is 0.323 e. The van der Waals surface area contributed by atoms with Crippen molar-refractivity contribution in [3.63, 3.8) is 0 Å². The minimum Gasteiger partial charge on any atom is -0.480 e. The van der Waals surface area contributed by atoms with Gasteiger partial charge in [-0.3, -0.25) is 4.79 Å². The van der Waals surface area contributed by atoms with E-state index < -0.39 is 11.5 Å². The molecule has 6 heteroatoms. The van der Waals surface area contributed by atoms with E-state index in [0.717, 1.165) is 12.1 Å². The summed E-state index contributed by atoms with van der Waals surface area (Å²) in [4.78, 5) is 21.4. The highest BCUT2D eigenvalue weighted by molar-refractivity contribution is 5.73. The molecule has 0 bridgehead atoms. The molecule has 112 valence electrons. The van der Waals surface area contributed by atoms with Crippen molar-refractivity contribution < 1.29 is 14.6 Å². The fraction of sp³-hybridized carbons (Fsp3) is 0.643. The Morgan fingerprint density at radius 3 is 2.55 bits per heavy atom. The Morgan fingerprint density at radius 2 is 2.05 bits per heavy atom. The van der Waals surface area contributed by atoms with Gasteiger partial charge in [0, 0.05) is 17.3 Å². The first-order valence-corrected chi connectivity index (χ1v) is 6.72. The summed E-state index contributed by atoms with van der Waals surface area (Å²) in [5, 5.41) is 9.06. The summed E-state index contributed by atoms with van der Waals surface area (Å²) in [6.07, 6.45) is 0.885. The van der Waals surface area contributed by atoms with Crippen LogP contribution in [0.15, 0.2) is 6.07 Å². The van der Waals surface area contributed by atoms with E-state index in [2.05, 4.69) is 9.97 Å². The Balaban J connectivity index is 3.12. The van der Waals surface area contributed by atoms with Crippen molar-refractivity contribution in [2.24, 2.45) is 0 Å². The summed E-state index contributed by atoms with van der Waals surface area (Å²) in [7, 11) is 0. The van der Waals surface area contributed by atoms with Gasteiger partial charge in [-0.15, -0.1) is 0 Å². The average molecular weight is 281 g/mol. The minimum atomic E-state index is -0.916. The van der Waals surface area contributed by atoms with E-state index in [1.165, 1.54) is 0 Å². The lowest BCUT2D eigenvalue weighted by molar-refractivity contribution is -0.135. The maximum Gasteiger partial charge on any atom is 0.323 e. The topological polar surface area (TPSA) is 75.5 Å². The van der Waals surface area contributed by atoms with Gasteiger partial charge in [0.1, 0.15) is 6.54 Å². The van der Waals surface area contributed by atoms with E-state index in [-0.39, 0.29) is 6.54 Å². The number of carbonyl (C=O) groups is 1. The molecule has 1 N–H and O–H groups in total. The molecule has 1 heterocycles. The third-order valence-corrected chi connectivity index (χ3v) is 2.62. The van der Waals surface area contributed by atoms with E-state index >= 15 is 0 Å². The summed E-state index contributed by atoms with van der Waals surface area (Å²) >= 11 is 0. The largest absolute Gasteiger partial charge is 0.480 e. The van der Waals surface area contributed by atoms with Gasteiger partial charge in [0.05, 0.1) is 6.61 Å². The Hall–Kier alpha value is -1.85. The lowest BCUT2D eigenvalue weighted by Gasteiger charge is -2.34. The summed E-state index contributed by atoms with van der Waals surface area (Å²) in [6, 6.07) is 1.75. The zero-order chi connectivity index (χ0) is 15.3. The third kappa shape index (κ3) is 4.68. The Kier molecular flexibility index (Phi) is 5.30. The number of carboxylic acids is 1. The molecule has 0 unspecified atom stereocenters. The molecule has 0 radical (unpaired) electrons. The number of anilines is 1. The van der Waals surface area contributed by atoms with Crippen LogP contribution in [0, 0.1) is 6.92 Å². The fourth-order valence-corrected chi connectivity index (χ4v) is 1.67. The number of aromatic nitrogens is 2. The van der Waals surface area contributed by atoms with E-state index in [1.807, 2.05) is 34.6 Å². The lowest BCUT2D eigenvalue weighted by Crippen LogP contribution is -2.45. The van der Waals surface area contributed by atoms with Gasteiger partial charge in [-0.25, -0.2) is 4.98 Å². The molecule has 0 saturated heterocycles. The van der Waals surface area contributed by atoms with Crippen molar-refractivity contribution in [1.29, 1.82) is 0 Å². The average Bonchev–Trinajstić information content (AvgIpc) is 2.31. The molecule has 0 aliphatic rings. The highest BCUT2D eigenvalue weighted by atomic mass is 16.5. The van der Waals surface area contributed by atoms with E-state index in [4.69, 9.17) is 9.84 Å². The quantitative estimate of drug-likeness (QED) is 0.862. The summed E-state index contributed by atoms with van der Waals surface area (Å²) in [6.45, 7) is 10.0.